The summed E-state index contributed by atoms with van der Waals surface area (Å²) in [7, 11) is 0. The van der Waals surface area contributed by atoms with Crippen LogP contribution < -0.4 is 0 Å². The number of carboxylic acid groups (broad SMARTS) is 1. The van der Waals surface area contributed by atoms with Gasteiger partial charge < -0.3 is 10.0 Å². The van der Waals surface area contributed by atoms with E-state index in [1.54, 1.807) is 12.1 Å². The van der Waals surface area contributed by atoms with Gasteiger partial charge in [0.25, 0.3) is 0 Å². The van der Waals surface area contributed by atoms with E-state index in [1.165, 1.54) is 31.0 Å². The van der Waals surface area contributed by atoms with E-state index in [0.29, 0.717) is 11.4 Å². The van der Waals surface area contributed by atoms with Crippen molar-refractivity contribution in [3.05, 3.63) is 29.3 Å². The Hall–Kier alpha value is -0.710. The molecule has 0 radical (unpaired) electrons. The SMILES string of the molecule is O=C(O)C(CCN1CCCCC1)Sc1ccc(Cl)cc1. The van der Waals surface area contributed by atoms with Crippen molar-refractivity contribution in [1.82, 2.24) is 4.90 Å². The molecule has 20 heavy (non-hydrogen) atoms. The topological polar surface area (TPSA) is 40.5 Å². The molecule has 1 atom stereocenters. The van der Waals surface area contributed by atoms with Crippen molar-refractivity contribution in [1.29, 1.82) is 0 Å². The summed E-state index contributed by atoms with van der Waals surface area (Å²) < 4.78 is 0. The summed E-state index contributed by atoms with van der Waals surface area (Å²) in [6, 6.07) is 7.36. The van der Waals surface area contributed by atoms with Crippen molar-refractivity contribution in [3.8, 4) is 0 Å². The van der Waals surface area contributed by atoms with E-state index in [-0.39, 0.29) is 0 Å². The monoisotopic (exact) mass is 313 g/mol. The molecule has 1 aliphatic heterocycles. The number of hydrogen-bond donors (Lipinski definition) is 1. The van der Waals surface area contributed by atoms with Gasteiger partial charge >= 0.3 is 5.97 Å². The lowest BCUT2D eigenvalue weighted by Crippen LogP contribution is -2.33. The zero-order valence-corrected chi connectivity index (χ0v) is 13.0. The average molecular weight is 314 g/mol. The molecular formula is C15H20ClNO2S. The van der Waals surface area contributed by atoms with Gasteiger partial charge in [-0.25, -0.2) is 0 Å². The highest BCUT2D eigenvalue weighted by Crippen LogP contribution is 2.27. The Morgan fingerprint density at radius 2 is 1.90 bits per heavy atom. The fourth-order valence-electron chi connectivity index (χ4n) is 2.39. The third-order valence-electron chi connectivity index (χ3n) is 3.52. The molecule has 110 valence electrons. The lowest BCUT2D eigenvalue weighted by Gasteiger charge is -2.27. The normalized spacial score (nSPS) is 17.9. The van der Waals surface area contributed by atoms with Gasteiger partial charge in [-0.2, -0.15) is 0 Å². The Labute approximate surface area is 129 Å². The van der Waals surface area contributed by atoms with E-state index < -0.39 is 11.2 Å². The van der Waals surface area contributed by atoms with Crippen LogP contribution in [-0.2, 0) is 4.79 Å². The summed E-state index contributed by atoms with van der Waals surface area (Å²) >= 11 is 7.25. The fraction of sp³-hybridized carbons (Fsp3) is 0.533. The first-order valence-electron chi connectivity index (χ1n) is 7.02. The average Bonchev–Trinajstić information content (AvgIpc) is 2.46. The zero-order valence-electron chi connectivity index (χ0n) is 11.4. The molecule has 1 saturated heterocycles. The van der Waals surface area contributed by atoms with E-state index in [0.717, 1.165) is 24.5 Å². The third-order valence-corrected chi connectivity index (χ3v) is 5.04. The predicted molar refractivity (Wildman–Crippen MR) is 83.6 cm³/mol. The molecule has 3 nitrogen and oxygen atoms in total. The van der Waals surface area contributed by atoms with E-state index in [1.807, 2.05) is 12.1 Å². The van der Waals surface area contributed by atoms with Crippen molar-refractivity contribution >= 4 is 29.3 Å². The van der Waals surface area contributed by atoms with Crippen molar-refractivity contribution < 1.29 is 9.90 Å². The Morgan fingerprint density at radius 1 is 1.25 bits per heavy atom. The van der Waals surface area contributed by atoms with Crippen molar-refractivity contribution in [2.24, 2.45) is 0 Å². The van der Waals surface area contributed by atoms with Gasteiger partial charge in [-0.15, -0.1) is 11.8 Å². The molecule has 0 amide bonds. The van der Waals surface area contributed by atoms with Crippen LogP contribution >= 0.6 is 23.4 Å². The largest absolute Gasteiger partial charge is 0.480 e. The number of piperidine rings is 1. The summed E-state index contributed by atoms with van der Waals surface area (Å²) in [5.74, 6) is -0.734. The van der Waals surface area contributed by atoms with Crippen LogP contribution in [-0.4, -0.2) is 40.9 Å². The van der Waals surface area contributed by atoms with Gasteiger partial charge in [-0.05, 0) is 63.2 Å². The van der Waals surface area contributed by atoms with Crippen LogP contribution in [0, 0.1) is 0 Å². The molecule has 0 bridgehead atoms. The zero-order chi connectivity index (χ0) is 14.4. The molecule has 0 aromatic heterocycles. The Balaban J connectivity index is 1.86. The minimum Gasteiger partial charge on any atom is -0.480 e. The summed E-state index contributed by atoms with van der Waals surface area (Å²) in [4.78, 5) is 14.7. The lowest BCUT2D eigenvalue weighted by molar-refractivity contribution is -0.136. The van der Waals surface area contributed by atoms with Crippen LogP contribution in [0.25, 0.3) is 0 Å². The van der Waals surface area contributed by atoms with Gasteiger partial charge in [-0.3, -0.25) is 4.79 Å². The van der Waals surface area contributed by atoms with Crippen LogP contribution in [0.2, 0.25) is 5.02 Å². The highest BCUT2D eigenvalue weighted by molar-refractivity contribution is 8.00. The molecule has 1 aromatic rings. The first-order chi connectivity index (χ1) is 9.65. The van der Waals surface area contributed by atoms with Gasteiger partial charge in [0.05, 0.1) is 0 Å². The van der Waals surface area contributed by atoms with Gasteiger partial charge in [0.2, 0.25) is 0 Å². The van der Waals surface area contributed by atoms with Gasteiger partial charge in [0.1, 0.15) is 5.25 Å². The Bertz CT molecular complexity index is 432. The third kappa shape index (κ3) is 5.00. The van der Waals surface area contributed by atoms with Crippen molar-refractivity contribution in [2.45, 2.75) is 35.8 Å². The quantitative estimate of drug-likeness (QED) is 0.812. The predicted octanol–water partition coefficient (Wildman–Crippen LogP) is 3.76. The number of hydrogen-bond acceptors (Lipinski definition) is 3. The van der Waals surface area contributed by atoms with Gasteiger partial charge in [0.15, 0.2) is 0 Å². The molecule has 1 unspecified atom stereocenters. The second-order valence-electron chi connectivity index (χ2n) is 5.09. The molecule has 1 fully saturated rings. The van der Waals surface area contributed by atoms with Crippen LogP contribution in [0.4, 0.5) is 0 Å². The molecule has 0 saturated carbocycles. The standard InChI is InChI=1S/C15H20ClNO2S/c16-12-4-6-13(7-5-12)20-14(15(18)19)8-11-17-9-2-1-3-10-17/h4-7,14H,1-3,8-11H2,(H,18,19). The smallest absolute Gasteiger partial charge is 0.317 e. The number of carboxylic acids is 1. The number of halogens is 1. The Kier molecular flexibility index (Phi) is 6.20. The van der Waals surface area contributed by atoms with Crippen LogP contribution in [0.3, 0.4) is 0 Å². The lowest BCUT2D eigenvalue weighted by atomic mass is 10.1. The highest BCUT2D eigenvalue weighted by Gasteiger charge is 2.20. The number of nitrogens with zero attached hydrogens (tertiary/aromatic N) is 1. The molecule has 1 N–H and O–H groups in total. The molecule has 1 aromatic carbocycles. The molecule has 0 aliphatic carbocycles. The maximum absolute atomic E-state index is 11.4. The van der Waals surface area contributed by atoms with Gasteiger partial charge in [0, 0.05) is 9.92 Å². The summed E-state index contributed by atoms with van der Waals surface area (Å²) in [5, 5.41) is 9.64. The van der Waals surface area contributed by atoms with Crippen LogP contribution in [0.15, 0.2) is 29.2 Å². The van der Waals surface area contributed by atoms with Gasteiger partial charge in [-0.1, -0.05) is 18.0 Å². The maximum atomic E-state index is 11.4. The number of likely N-dealkylation sites (tertiary alicyclic amines) is 1. The number of benzene rings is 1. The number of carbonyl (C=O) groups is 1. The molecule has 2 rings (SSSR count). The summed E-state index contributed by atoms with van der Waals surface area (Å²) in [5.41, 5.74) is 0. The minimum atomic E-state index is -0.734. The number of aliphatic carboxylic acids is 1. The molecular weight excluding hydrogens is 294 g/mol. The van der Waals surface area contributed by atoms with Crippen molar-refractivity contribution in [3.63, 3.8) is 0 Å². The second kappa shape index (κ2) is 7.91. The van der Waals surface area contributed by atoms with E-state index >= 15 is 0 Å². The highest BCUT2D eigenvalue weighted by atomic mass is 35.5. The first-order valence-corrected chi connectivity index (χ1v) is 8.28. The van der Waals surface area contributed by atoms with E-state index in [9.17, 15) is 9.90 Å². The second-order valence-corrected chi connectivity index (χ2v) is 6.80. The first kappa shape index (κ1) is 15.7. The fourth-order valence-corrected chi connectivity index (χ4v) is 3.46. The maximum Gasteiger partial charge on any atom is 0.317 e. The van der Waals surface area contributed by atoms with E-state index in [4.69, 9.17) is 11.6 Å². The van der Waals surface area contributed by atoms with Crippen LogP contribution in [0.1, 0.15) is 25.7 Å². The summed E-state index contributed by atoms with van der Waals surface area (Å²) in [6.45, 7) is 3.09. The van der Waals surface area contributed by atoms with Crippen molar-refractivity contribution in [2.75, 3.05) is 19.6 Å². The minimum absolute atomic E-state index is 0.391. The number of rotatable bonds is 6. The summed E-state index contributed by atoms with van der Waals surface area (Å²) in [6.07, 6.45) is 4.46. The number of thioether (sulfide) groups is 1. The molecule has 0 spiro atoms. The molecule has 1 heterocycles. The van der Waals surface area contributed by atoms with Crippen LogP contribution in [0.5, 0.6) is 0 Å². The molecule has 1 aliphatic rings. The molecule has 5 heteroatoms. The van der Waals surface area contributed by atoms with E-state index in [2.05, 4.69) is 4.90 Å². The Morgan fingerprint density at radius 3 is 2.50 bits per heavy atom.